The minimum Gasteiger partial charge on any atom is -0.481 e. The van der Waals surface area contributed by atoms with Gasteiger partial charge >= 0.3 is 5.97 Å². The fraction of sp³-hybridized carbons (Fsp3) is 0.318. The fourth-order valence-corrected chi connectivity index (χ4v) is 4.16. The molecule has 5 heterocycles. The maximum Gasteiger partial charge on any atom is 0.315 e. The Balaban J connectivity index is 1.47. The van der Waals surface area contributed by atoms with E-state index in [1.807, 2.05) is 28.8 Å². The highest BCUT2D eigenvalue weighted by Gasteiger charge is 2.53. The molecule has 0 atom stereocenters. The highest BCUT2D eigenvalue weighted by atomic mass is 16.5. The van der Waals surface area contributed by atoms with Crippen LogP contribution in [-0.4, -0.2) is 66.7 Å². The second-order valence-electron chi connectivity index (χ2n) is 8.14. The normalized spacial score (nSPS) is 17.6. The minimum atomic E-state index is -0.854. The molecule has 32 heavy (non-hydrogen) atoms. The predicted octanol–water partition coefficient (Wildman–Crippen LogP) is 1.93. The number of carboxylic acids is 1. The Morgan fingerprint density at radius 3 is 2.56 bits per heavy atom. The first-order valence-electron chi connectivity index (χ1n) is 10.6. The van der Waals surface area contributed by atoms with Gasteiger partial charge in [0.25, 0.3) is 0 Å². The number of carbonyl (C=O) groups is 1. The summed E-state index contributed by atoms with van der Waals surface area (Å²) in [7, 11) is 0. The van der Waals surface area contributed by atoms with E-state index in [1.54, 1.807) is 29.3 Å². The van der Waals surface area contributed by atoms with E-state index >= 15 is 0 Å². The largest absolute Gasteiger partial charge is 0.481 e. The quantitative estimate of drug-likeness (QED) is 0.510. The van der Waals surface area contributed by atoms with E-state index in [0.717, 1.165) is 30.2 Å². The number of aliphatic carboxylic acids is 1. The molecule has 10 heteroatoms. The lowest BCUT2D eigenvalue weighted by molar-refractivity contribution is -0.140. The van der Waals surface area contributed by atoms with Crippen molar-refractivity contribution in [2.45, 2.75) is 18.3 Å². The second kappa shape index (κ2) is 7.13. The van der Waals surface area contributed by atoms with Crippen LogP contribution in [0.2, 0.25) is 0 Å². The van der Waals surface area contributed by atoms with Gasteiger partial charge in [0.1, 0.15) is 11.2 Å². The Kier molecular flexibility index (Phi) is 4.22. The summed E-state index contributed by atoms with van der Waals surface area (Å²) in [6.07, 6.45) is 6.48. The van der Waals surface area contributed by atoms with Crippen molar-refractivity contribution in [2.24, 2.45) is 0 Å². The lowest BCUT2D eigenvalue weighted by Crippen LogP contribution is -2.37. The molecule has 2 aliphatic rings. The van der Waals surface area contributed by atoms with Crippen molar-refractivity contribution in [1.29, 1.82) is 0 Å². The smallest absolute Gasteiger partial charge is 0.315 e. The molecule has 0 unspecified atom stereocenters. The number of hydrogen-bond donors (Lipinski definition) is 1. The fourth-order valence-electron chi connectivity index (χ4n) is 4.16. The van der Waals surface area contributed by atoms with Crippen LogP contribution in [0, 0.1) is 0 Å². The van der Waals surface area contributed by atoms with E-state index in [4.69, 9.17) is 14.8 Å². The molecule has 1 N–H and O–H groups in total. The van der Waals surface area contributed by atoms with Gasteiger partial charge in [-0.1, -0.05) is 0 Å². The molecule has 0 aromatic carbocycles. The first-order valence-corrected chi connectivity index (χ1v) is 10.6. The van der Waals surface area contributed by atoms with Crippen molar-refractivity contribution in [2.75, 3.05) is 31.2 Å². The van der Waals surface area contributed by atoms with Crippen LogP contribution in [0.4, 0.5) is 5.82 Å². The third kappa shape index (κ3) is 3.02. The number of nitrogens with zero attached hydrogens (tertiary/aromatic N) is 7. The van der Waals surface area contributed by atoms with Gasteiger partial charge in [0, 0.05) is 49.4 Å². The zero-order valence-corrected chi connectivity index (χ0v) is 17.3. The number of fused-ring (bicyclic) bond motifs is 1. The van der Waals surface area contributed by atoms with Crippen LogP contribution in [0.25, 0.3) is 22.7 Å². The number of pyridine rings is 1. The molecule has 6 rings (SSSR count). The number of anilines is 1. The summed E-state index contributed by atoms with van der Waals surface area (Å²) in [5, 5.41) is 19.0. The lowest BCUT2D eigenvalue weighted by atomic mass is 10.0. The average molecular weight is 431 g/mol. The number of rotatable bonds is 5. The molecule has 10 nitrogen and oxygen atoms in total. The third-order valence-electron chi connectivity index (χ3n) is 6.18. The van der Waals surface area contributed by atoms with Crippen molar-refractivity contribution >= 4 is 17.4 Å². The molecule has 4 aromatic heterocycles. The van der Waals surface area contributed by atoms with Crippen LogP contribution < -0.4 is 4.90 Å². The summed E-state index contributed by atoms with van der Waals surface area (Å²) < 4.78 is 9.02. The van der Waals surface area contributed by atoms with Crippen LogP contribution in [-0.2, 0) is 14.9 Å². The summed E-state index contributed by atoms with van der Waals surface area (Å²) in [4.78, 5) is 22.8. The Hall–Kier alpha value is -3.79. The SMILES string of the molecule is O=C(O)C1(c2ccn(-c3cc(N4CCOCC4)n4nc(-c5ccncc5)cc4n3)n2)CC1. The maximum atomic E-state index is 11.7. The molecule has 0 amide bonds. The number of hydrogen-bond acceptors (Lipinski definition) is 7. The van der Waals surface area contributed by atoms with Crippen LogP contribution in [0.3, 0.4) is 0 Å². The minimum absolute atomic E-state index is 0.575. The van der Waals surface area contributed by atoms with E-state index in [1.165, 1.54) is 0 Å². The number of morpholine rings is 1. The van der Waals surface area contributed by atoms with Crippen LogP contribution >= 0.6 is 0 Å². The molecule has 1 saturated heterocycles. The van der Waals surface area contributed by atoms with Gasteiger partial charge in [0.05, 0.1) is 24.6 Å². The Bertz CT molecular complexity index is 1300. The summed E-state index contributed by atoms with van der Waals surface area (Å²) in [6.45, 7) is 2.78. The Morgan fingerprint density at radius 1 is 1.06 bits per heavy atom. The van der Waals surface area contributed by atoms with E-state index in [0.29, 0.717) is 43.2 Å². The monoisotopic (exact) mass is 431 g/mol. The first kappa shape index (κ1) is 18.9. The third-order valence-corrected chi connectivity index (χ3v) is 6.18. The highest BCUT2D eigenvalue weighted by Crippen LogP contribution is 2.47. The number of carboxylic acid groups (broad SMARTS) is 1. The van der Waals surface area contributed by atoms with Gasteiger partial charge < -0.3 is 14.7 Å². The van der Waals surface area contributed by atoms with Crippen LogP contribution in [0.15, 0.2) is 48.9 Å². The average Bonchev–Trinajstić information content (AvgIpc) is 3.30. The molecular formula is C22H21N7O3. The van der Waals surface area contributed by atoms with Crippen molar-refractivity contribution < 1.29 is 14.6 Å². The van der Waals surface area contributed by atoms with Gasteiger partial charge in [-0.25, -0.2) is 9.67 Å². The van der Waals surface area contributed by atoms with Gasteiger partial charge in [-0.05, 0) is 31.0 Å². The zero-order valence-electron chi connectivity index (χ0n) is 17.3. The molecule has 0 radical (unpaired) electrons. The predicted molar refractivity (Wildman–Crippen MR) is 115 cm³/mol. The van der Waals surface area contributed by atoms with Gasteiger partial charge in [0.15, 0.2) is 11.5 Å². The molecule has 1 saturated carbocycles. The number of aromatic nitrogens is 6. The molecule has 162 valence electrons. The zero-order chi connectivity index (χ0) is 21.7. The van der Waals surface area contributed by atoms with Gasteiger partial charge in [0.2, 0.25) is 0 Å². The first-order chi connectivity index (χ1) is 15.6. The summed E-state index contributed by atoms with van der Waals surface area (Å²) in [5.74, 6) is 0.690. The van der Waals surface area contributed by atoms with E-state index in [9.17, 15) is 9.90 Å². The van der Waals surface area contributed by atoms with Crippen molar-refractivity contribution in [3.8, 4) is 17.1 Å². The topological polar surface area (TPSA) is 111 Å². The molecular weight excluding hydrogens is 410 g/mol. The second-order valence-corrected chi connectivity index (χ2v) is 8.14. The molecule has 0 bridgehead atoms. The Labute approximate surface area is 183 Å². The van der Waals surface area contributed by atoms with E-state index in [2.05, 4.69) is 15.0 Å². The Morgan fingerprint density at radius 2 is 1.84 bits per heavy atom. The highest BCUT2D eigenvalue weighted by molar-refractivity contribution is 5.84. The maximum absolute atomic E-state index is 11.7. The molecule has 1 aliphatic heterocycles. The van der Waals surface area contributed by atoms with Gasteiger partial charge in [-0.3, -0.25) is 9.78 Å². The van der Waals surface area contributed by atoms with Gasteiger partial charge in [-0.15, -0.1) is 0 Å². The van der Waals surface area contributed by atoms with E-state index in [-0.39, 0.29) is 0 Å². The van der Waals surface area contributed by atoms with E-state index < -0.39 is 11.4 Å². The molecule has 2 fully saturated rings. The standard InChI is InChI=1S/C22H21N7O3/c30-21(31)22(4-5-22)17-3-8-28(26-17)18-14-20(27-9-11-32-12-10-27)29-19(24-18)13-16(25-29)15-1-6-23-7-2-15/h1-3,6-8,13-14H,4-5,9-12H2,(H,30,31). The van der Waals surface area contributed by atoms with Crippen molar-refractivity contribution in [3.63, 3.8) is 0 Å². The lowest BCUT2D eigenvalue weighted by Gasteiger charge is -2.29. The summed E-state index contributed by atoms with van der Waals surface area (Å²) >= 11 is 0. The molecule has 0 spiro atoms. The number of ether oxygens (including phenoxy) is 1. The summed E-state index contributed by atoms with van der Waals surface area (Å²) in [5.41, 5.74) is 2.17. The summed E-state index contributed by atoms with van der Waals surface area (Å²) in [6, 6.07) is 9.49. The molecule has 4 aromatic rings. The van der Waals surface area contributed by atoms with Crippen molar-refractivity contribution in [3.05, 3.63) is 54.6 Å². The van der Waals surface area contributed by atoms with Crippen molar-refractivity contribution in [1.82, 2.24) is 29.4 Å². The van der Waals surface area contributed by atoms with Crippen LogP contribution in [0.1, 0.15) is 18.5 Å². The van der Waals surface area contributed by atoms with Crippen LogP contribution in [0.5, 0.6) is 0 Å². The van der Waals surface area contributed by atoms with Gasteiger partial charge in [-0.2, -0.15) is 14.7 Å². The molecule has 1 aliphatic carbocycles.